The highest BCUT2D eigenvalue weighted by molar-refractivity contribution is 5.31. The summed E-state index contributed by atoms with van der Waals surface area (Å²) in [6.07, 6.45) is 4.41. The average molecular weight is 417 g/mol. The topological polar surface area (TPSA) is 59.0 Å². The zero-order valence-corrected chi connectivity index (χ0v) is 17.6. The van der Waals surface area contributed by atoms with Crippen molar-refractivity contribution in [2.75, 3.05) is 6.61 Å². The average Bonchev–Trinajstić information content (AvgIpc) is 2.96. The Morgan fingerprint density at radius 2 is 2.07 bits per heavy atom. The molecule has 30 heavy (non-hydrogen) atoms. The second-order valence-electron chi connectivity index (χ2n) is 9.26. The van der Waals surface area contributed by atoms with E-state index in [1.807, 2.05) is 6.92 Å². The van der Waals surface area contributed by atoms with E-state index < -0.39 is 29.9 Å². The van der Waals surface area contributed by atoms with Crippen molar-refractivity contribution in [2.45, 2.75) is 70.4 Å². The van der Waals surface area contributed by atoms with Crippen LogP contribution in [-0.2, 0) is 24.0 Å². The highest BCUT2D eigenvalue weighted by Crippen LogP contribution is 2.60. The van der Waals surface area contributed by atoms with E-state index in [0.717, 1.165) is 25.7 Å². The number of ether oxygens (including phenoxy) is 3. The Morgan fingerprint density at radius 1 is 1.20 bits per heavy atom. The van der Waals surface area contributed by atoms with Crippen molar-refractivity contribution in [1.82, 2.24) is 4.98 Å². The van der Waals surface area contributed by atoms with Gasteiger partial charge in [-0.25, -0.2) is 14.8 Å². The first-order valence-corrected chi connectivity index (χ1v) is 10.8. The van der Waals surface area contributed by atoms with Crippen LogP contribution in [0.3, 0.4) is 0 Å². The largest absolute Gasteiger partial charge is 0.340 e. The van der Waals surface area contributed by atoms with Gasteiger partial charge in [-0.3, -0.25) is 0 Å². The molecular weight excluding hydrogens is 389 g/mol. The molecule has 1 aromatic rings. The highest BCUT2D eigenvalue weighted by atomic mass is 19.1. The molecule has 4 saturated heterocycles. The number of hydrogen-bond donors (Lipinski definition) is 0. The van der Waals surface area contributed by atoms with Crippen molar-refractivity contribution >= 4 is 0 Å². The molecular formula is C23H28FNO5. The molecule has 5 fully saturated rings. The van der Waals surface area contributed by atoms with Crippen molar-refractivity contribution in [2.24, 2.45) is 23.7 Å². The number of aromatic nitrogens is 1. The summed E-state index contributed by atoms with van der Waals surface area (Å²) < 4.78 is 31.6. The zero-order chi connectivity index (χ0) is 20.9. The number of pyridine rings is 1. The predicted octanol–water partition coefficient (Wildman–Crippen LogP) is 3.80. The van der Waals surface area contributed by atoms with Gasteiger partial charge in [0.25, 0.3) is 0 Å². The van der Waals surface area contributed by atoms with Gasteiger partial charge in [-0.2, -0.15) is 4.39 Å². The van der Waals surface area contributed by atoms with E-state index >= 15 is 0 Å². The lowest BCUT2D eigenvalue weighted by molar-refractivity contribution is -0.577. The Kier molecular flexibility index (Phi) is 5.11. The fourth-order valence-electron chi connectivity index (χ4n) is 5.77. The summed E-state index contributed by atoms with van der Waals surface area (Å²) >= 11 is 0. The molecule has 0 unspecified atom stereocenters. The fourth-order valence-corrected chi connectivity index (χ4v) is 5.77. The maximum Gasteiger partial charge on any atom is 0.212 e. The third kappa shape index (κ3) is 3.26. The Balaban J connectivity index is 1.33. The predicted molar refractivity (Wildman–Crippen MR) is 104 cm³/mol. The third-order valence-electron chi connectivity index (χ3n) is 7.38. The van der Waals surface area contributed by atoms with Gasteiger partial charge in [-0.05, 0) is 50.2 Å². The van der Waals surface area contributed by atoms with Crippen LogP contribution in [-0.4, -0.2) is 35.6 Å². The van der Waals surface area contributed by atoms with E-state index in [1.165, 1.54) is 12.3 Å². The monoisotopic (exact) mass is 417 g/mol. The lowest BCUT2D eigenvalue weighted by Gasteiger charge is -2.60. The van der Waals surface area contributed by atoms with E-state index in [0.29, 0.717) is 17.4 Å². The molecule has 4 aliphatic heterocycles. The SMILES string of the molecule is C[C@H]1[C@@H](OCC#Cc2ccc(F)nc2)O[C@@H]2O[C@@]3(C)CC[C@H]4[C@H](C)CC[C@@H]1[C@@]24OO3. The molecule has 0 aromatic carbocycles. The van der Waals surface area contributed by atoms with Gasteiger partial charge in [-0.1, -0.05) is 25.7 Å². The van der Waals surface area contributed by atoms with Crippen LogP contribution in [0.15, 0.2) is 18.3 Å². The second kappa shape index (κ2) is 7.54. The summed E-state index contributed by atoms with van der Waals surface area (Å²) in [5, 5.41) is 0. The summed E-state index contributed by atoms with van der Waals surface area (Å²) in [4.78, 5) is 15.6. The summed E-state index contributed by atoms with van der Waals surface area (Å²) in [7, 11) is 0. The van der Waals surface area contributed by atoms with Crippen LogP contribution in [0.5, 0.6) is 0 Å². The molecule has 0 radical (unpaired) electrons. The number of halogens is 1. The van der Waals surface area contributed by atoms with E-state index in [4.69, 9.17) is 24.0 Å². The summed E-state index contributed by atoms with van der Waals surface area (Å²) in [5.41, 5.74) is 0.0573. The zero-order valence-electron chi connectivity index (χ0n) is 17.6. The van der Waals surface area contributed by atoms with Gasteiger partial charge in [-0.15, -0.1) is 0 Å². The van der Waals surface area contributed by atoms with E-state index in [2.05, 4.69) is 30.7 Å². The van der Waals surface area contributed by atoms with E-state index in [9.17, 15) is 4.39 Å². The molecule has 5 aliphatic rings. The lowest BCUT2D eigenvalue weighted by atomic mass is 9.58. The Morgan fingerprint density at radius 3 is 2.87 bits per heavy atom. The minimum atomic E-state index is -0.794. The molecule has 2 bridgehead atoms. The minimum Gasteiger partial charge on any atom is -0.340 e. The number of rotatable bonds is 2. The summed E-state index contributed by atoms with van der Waals surface area (Å²) in [6, 6.07) is 2.88. The Bertz CT molecular complexity index is 853. The van der Waals surface area contributed by atoms with Crippen molar-refractivity contribution in [3.63, 3.8) is 0 Å². The van der Waals surface area contributed by atoms with Crippen LogP contribution < -0.4 is 0 Å². The number of fused-ring (bicyclic) bond motifs is 2. The van der Waals surface area contributed by atoms with Crippen LogP contribution >= 0.6 is 0 Å². The maximum absolute atomic E-state index is 12.9. The van der Waals surface area contributed by atoms with Gasteiger partial charge in [0, 0.05) is 30.0 Å². The molecule has 1 spiro atoms. The molecule has 1 aliphatic carbocycles. The van der Waals surface area contributed by atoms with Crippen LogP contribution in [0.2, 0.25) is 0 Å². The first-order chi connectivity index (χ1) is 14.4. The van der Waals surface area contributed by atoms with Crippen molar-refractivity contribution in [3.05, 3.63) is 29.8 Å². The summed E-state index contributed by atoms with van der Waals surface area (Å²) in [6.45, 7) is 6.56. The Hall–Kier alpha value is -1.56. The van der Waals surface area contributed by atoms with Crippen LogP contribution in [0, 0.1) is 41.5 Å². The smallest absolute Gasteiger partial charge is 0.212 e. The quantitative estimate of drug-likeness (QED) is 0.415. The van der Waals surface area contributed by atoms with E-state index in [1.54, 1.807) is 6.07 Å². The van der Waals surface area contributed by atoms with Gasteiger partial charge in [0.15, 0.2) is 18.2 Å². The van der Waals surface area contributed by atoms with Gasteiger partial charge in [0.1, 0.15) is 6.61 Å². The van der Waals surface area contributed by atoms with E-state index in [-0.39, 0.29) is 18.4 Å². The minimum absolute atomic E-state index is 0.111. The highest BCUT2D eigenvalue weighted by Gasteiger charge is 2.69. The molecule has 6 rings (SSSR count). The molecule has 0 amide bonds. The first-order valence-electron chi connectivity index (χ1n) is 10.8. The molecule has 7 heteroatoms. The normalized spacial score (nSPS) is 44.5. The van der Waals surface area contributed by atoms with Crippen LogP contribution in [0.25, 0.3) is 0 Å². The van der Waals surface area contributed by atoms with Gasteiger partial charge in [0.2, 0.25) is 11.7 Å². The number of hydrogen-bond acceptors (Lipinski definition) is 6. The van der Waals surface area contributed by atoms with Crippen LogP contribution in [0.4, 0.5) is 4.39 Å². The first kappa shape index (κ1) is 20.3. The third-order valence-corrected chi connectivity index (χ3v) is 7.38. The molecule has 5 heterocycles. The fraction of sp³-hybridized carbons (Fsp3) is 0.696. The second-order valence-corrected chi connectivity index (χ2v) is 9.26. The number of nitrogens with zero attached hydrogens (tertiary/aromatic N) is 1. The van der Waals surface area contributed by atoms with Crippen molar-refractivity contribution in [1.29, 1.82) is 0 Å². The van der Waals surface area contributed by atoms with Crippen molar-refractivity contribution in [3.8, 4) is 11.8 Å². The molecule has 162 valence electrons. The lowest BCUT2D eigenvalue weighted by Crippen LogP contribution is -2.70. The molecule has 8 atom stereocenters. The standard InChI is InChI=1S/C23H28FNO5/c1-14-6-8-18-15(2)20(26-12-4-5-16-7-9-19(24)25-13-16)27-21-23(18)17(14)10-11-22(3,28-21)29-30-23/h7,9,13-15,17-18,20-21H,6,8,10-12H2,1-3H3/t14-,15-,17+,18+,20+,21-,22-,23-/m1/s1. The van der Waals surface area contributed by atoms with Gasteiger partial charge in [0.05, 0.1) is 0 Å². The maximum atomic E-state index is 12.9. The van der Waals surface area contributed by atoms with Crippen molar-refractivity contribution < 1.29 is 28.4 Å². The molecule has 1 aromatic heterocycles. The van der Waals surface area contributed by atoms with Gasteiger partial charge < -0.3 is 14.2 Å². The molecule has 1 saturated carbocycles. The molecule has 6 nitrogen and oxygen atoms in total. The molecule has 0 N–H and O–H groups in total. The van der Waals surface area contributed by atoms with Gasteiger partial charge >= 0.3 is 0 Å². The van der Waals surface area contributed by atoms with Crippen LogP contribution in [0.1, 0.15) is 52.0 Å². The Labute approximate surface area is 176 Å². The summed E-state index contributed by atoms with van der Waals surface area (Å²) in [5.74, 6) is 5.78.